The molecule has 6 nitrogen and oxygen atoms in total. The lowest BCUT2D eigenvalue weighted by atomic mass is 10.1. The smallest absolute Gasteiger partial charge is 0.346 e. The Hall–Kier alpha value is -2.41. The first-order chi connectivity index (χ1) is 10.9. The van der Waals surface area contributed by atoms with Gasteiger partial charge in [-0.15, -0.1) is 0 Å². The molecule has 2 aromatic carbocycles. The Balaban J connectivity index is 2.02. The fraction of sp³-hybridized carbons (Fsp3) is 0.250. The average molecular weight is 333 g/mol. The molecule has 0 heterocycles. The van der Waals surface area contributed by atoms with Gasteiger partial charge in [-0.1, -0.05) is 18.2 Å². The predicted molar refractivity (Wildman–Crippen MR) is 84.1 cm³/mol. The molecule has 120 valence electrons. The van der Waals surface area contributed by atoms with Crippen LogP contribution in [0.3, 0.4) is 0 Å². The second kappa shape index (κ2) is 5.66. The van der Waals surface area contributed by atoms with E-state index in [1.165, 1.54) is 24.6 Å². The first-order valence-corrected chi connectivity index (χ1v) is 8.59. The summed E-state index contributed by atoms with van der Waals surface area (Å²) in [5.74, 6) is 0.184. The maximum atomic E-state index is 12.5. The van der Waals surface area contributed by atoms with Gasteiger partial charge in [-0.2, -0.15) is 8.42 Å². The maximum absolute atomic E-state index is 12.5. The summed E-state index contributed by atoms with van der Waals surface area (Å²) >= 11 is 0. The summed E-state index contributed by atoms with van der Waals surface area (Å²) in [5, 5.41) is 11.1. The molecular formula is C16H15NO5S. The van der Waals surface area contributed by atoms with Crippen molar-refractivity contribution in [2.24, 2.45) is 0 Å². The minimum absolute atomic E-state index is 0.184. The van der Waals surface area contributed by atoms with Crippen molar-refractivity contribution in [3.05, 3.63) is 63.2 Å². The molecule has 1 aliphatic carbocycles. The van der Waals surface area contributed by atoms with E-state index in [0.29, 0.717) is 0 Å². The highest BCUT2D eigenvalue weighted by Gasteiger charge is 2.30. The lowest BCUT2D eigenvalue weighted by Crippen LogP contribution is -2.13. The molecule has 0 bridgehead atoms. The Labute approximate surface area is 134 Å². The van der Waals surface area contributed by atoms with Crippen LogP contribution >= 0.6 is 0 Å². The Morgan fingerprint density at radius 2 is 1.87 bits per heavy atom. The second-order valence-electron chi connectivity index (χ2n) is 5.50. The zero-order valence-corrected chi connectivity index (χ0v) is 13.3. The normalized spacial score (nSPS) is 13.6. The summed E-state index contributed by atoms with van der Waals surface area (Å²) in [7, 11) is -4.28. The monoisotopic (exact) mass is 333 g/mol. The van der Waals surface area contributed by atoms with E-state index >= 15 is 0 Å². The number of rotatable bonds is 4. The molecule has 1 aliphatic rings. The van der Waals surface area contributed by atoms with E-state index in [1.807, 2.05) is 6.07 Å². The molecule has 3 rings (SSSR count). The molecule has 0 N–H and O–H groups in total. The lowest BCUT2D eigenvalue weighted by Gasteiger charge is -2.10. The zero-order valence-electron chi connectivity index (χ0n) is 12.5. The van der Waals surface area contributed by atoms with E-state index in [-0.39, 0.29) is 11.3 Å². The van der Waals surface area contributed by atoms with Gasteiger partial charge < -0.3 is 4.18 Å². The number of fused-ring (bicyclic) bond motifs is 1. The third-order valence-electron chi connectivity index (χ3n) is 3.91. The summed E-state index contributed by atoms with van der Waals surface area (Å²) in [6.45, 7) is 1.51. The van der Waals surface area contributed by atoms with Gasteiger partial charge in [-0.3, -0.25) is 10.1 Å². The van der Waals surface area contributed by atoms with Gasteiger partial charge in [0.05, 0.1) is 4.92 Å². The van der Waals surface area contributed by atoms with Gasteiger partial charge >= 0.3 is 10.1 Å². The number of hydrogen-bond acceptors (Lipinski definition) is 5. The highest BCUT2D eigenvalue weighted by Crippen LogP contribution is 2.31. The second-order valence-corrected chi connectivity index (χ2v) is 6.98. The fourth-order valence-electron chi connectivity index (χ4n) is 2.87. The molecule has 0 atom stereocenters. The number of hydrogen-bond donors (Lipinski definition) is 0. The van der Waals surface area contributed by atoms with Crippen LogP contribution < -0.4 is 4.18 Å². The SMILES string of the molecule is Cc1cccc([N+](=O)[O-])c1S(=O)(=O)Oc1ccc2c(c1)CCC2. The minimum atomic E-state index is -4.28. The van der Waals surface area contributed by atoms with Crippen LogP contribution in [-0.4, -0.2) is 13.3 Å². The van der Waals surface area contributed by atoms with Crippen LogP contribution in [0.25, 0.3) is 0 Å². The summed E-state index contributed by atoms with van der Waals surface area (Å²) < 4.78 is 30.2. The van der Waals surface area contributed by atoms with Gasteiger partial charge in [-0.25, -0.2) is 0 Å². The summed E-state index contributed by atoms with van der Waals surface area (Å²) in [5.41, 5.74) is 2.06. The van der Waals surface area contributed by atoms with Crippen molar-refractivity contribution in [3.63, 3.8) is 0 Å². The highest BCUT2D eigenvalue weighted by molar-refractivity contribution is 7.87. The molecule has 0 aromatic heterocycles. The van der Waals surface area contributed by atoms with Crippen molar-refractivity contribution in [1.82, 2.24) is 0 Å². The fourth-order valence-corrected chi connectivity index (χ4v) is 4.18. The molecule has 0 fully saturated rings. The topological polar surface area (TPSA) is 86.5 Å². The first kappa shape index (κ1) is 15.5. The first-order valence-electron chi connectivity index (χ1n) is 7.19. The minimum Gasteiger partial charge on any atom is -0.379 e. The van der Waals surface area contributed by atoms with Crippen LogP contribution in [0.2, 0.25) is 0 Å². The molecule has 23 heavy (non-hydrogen) atoms. The third-order valence-corrected chi connectivity index (χ3v) is 5.36. The quantitative estimate of drug-likeness (QED) is 0.487. The lowest BCUT2D eigenvalue weighted by molar-refractivity contribution is -0.388. The van der Waals surface area contributed by atoms with Gasteiger partial charge in [0, 0.05) is 6.07 Å². The number of nitro benzene ring substituents is 1. The largest absolute Gasteiger partial charge is 0.379 e. The van der Waals surface area contributed by atoms with Crippen LogP contribution in [0.1, 0.15) is 23.1 Å². The van der Waals surface area contributed by atoms with Crippen LogP contribution in [0.4, 0.5) is 5.69 Å². The van der Waals surface area contributed by atoms with Crippen LogP contribution in [0.15, 0.2) is 41.3 Å². The Morgan fingerprint density at radius 1 is 1.13 bits per heavy atom. The number of nitro groups is 1. The van der Waals surface area contributed by atoms with Crippen LogP contribution in [-0.2, 0) is 23.0 Å². The molecule has 2 aromatic rings. The Morgan fingerprint density at radius 3 is 2.61 bits per heavy atom. The summed E-state index contributed by atoms with van der Waals surface area (Å²) in [6.07, 6.45) is 2.90. The molecule has 0 aliphatic heterocycles. The molecule has 0 amide bonds. The van der Waals surface area contributed by atoms with Crippen molar-refractivity contribution in [3.8, 4) is 5.75 Å². The summed E-state index contributed by atoms with van der Waals surface area (Å²) in [6, 6.07) is 9.25. The van der Waals surface area contributed by atoms with Crippen molar-refractivity contribution in [1.29, 1.82) is 0 Å². The van der Waals surface area contributed by atoms with Crippen molar-refractivity contribution in [2.75, 3.05) is 0 Å². The molecule has 0 saturated carbocycles. The molecule has 0 unspecified atom stereocenters. The highest BCUT2D eigenvalue weighted by atomic mass is 32.2. The Bertz CT molecular complexity index is 889. The predicted octanol–water partition coefficient (Wildman–Crippen LogP) is 3.16. The van der Waals surface area contributed by atoms with E-state index in [9.17, 15) is 18.5 Å². The van der Waals surface area contributed by atoms with Gasteiger partial charge in [0.15, 0.2) is 4.90 Å². The van der Waals surface area contributed by atoms with Gasteiger partial charge in [-0.05, 0) is 55.0 Å². The van der Waals surface area contributed by atoms with Gasteiger partial charge in [0.1, 0.15) is 5.75 Å². The number of nitrogens with zero attached hydrogens (tertiary/aromatic N) is 1. The summed E-state index contributed by atoms with van der Waals surface area (Å²) in [4.78, 5) is 10.00. The number of aryl methyl sites for hydroxylation is 3. The van der Waals surface area contributed by atoms with Crippen LogP contribution in [0.5, 0.6) is 5.75 Å². The molecule has 0 spiro atoms. The van der Waals surface area contributed by atoms with Gasteiger partial charge in [0.25, 0.3) is 5.69 Å². The van der Waals surface area contributed by atoms with E-state index in [2.05, 4.69) is 0 Å². The zero-order chi connectivity index (χ0) is 16.6. The molecule has 0 radical (unpaired) electrons. The van der Waals surface area contributed by atoms with Gasteiger partial charge in [0.2, 0.25) is 0 Å². The third kappa shape index (κ3) is 2.92. The standard InChI is InChI=1S/C16H15NO5S/c1-11-4-2-7-15(17(18)19)16(11)23(20,21)22-14-9-8-12-5-3-6-13(12)10-14/h2,4,7-10H,3,5-6H2,1H3. The van der Waals surface area contributed by atoms with Crippen molar-refractivity contribution >= 4 is 15.8 Å². The molecule has 0 saturated heterocycles. The molecular weight excluding hydrogens is 318 g/mol. The van der Waals surface area contributed by atoms with Crippen molar-refractivity contribution in [2.45, 2.75) is 31.1 Å². The van der Waals surface area contributed by atoms with Crippen LogP contribution in [0, 0.1) is 17.0 Å². The molecule has 7 heteroatoms. The Kier molecular flexibility index (Phi) is 3.81. The maximum Gasteiger partial charge on any atom is 0.346 e. The van der Waals surface area contributed by atoms with E-state index in [1.54, 1.807) is 12.1 Å². The van der Waals surface area contributed by atoms with E-state index in [4.69, 9.17) is 4.18 Å². The average Bonchev–Trinajstić information content (AvgIpc) is 2.93. The number of benzene rings is 2. The van der Waals surface area contributed by atoms with E-state index in [0.717, 1.165) is 30.9 Å². The van der Waals surface area contributed by atoms with Crippen molar-refractivity contribution < 1.29 is 17.5 Å². The van der Waals surface area contributed by atoms with E-state index < -0.39 is 25.6 Å².